The maximum Gasteiger partial charge on any atom is 0.175 e. The molecule has 1 aromatic heterocycles. The van der Waals surface area contributed by atoms with Crippen LogP contribution in [0.25, 0.3) is 11.3 Å². The van der Waals surface area contributed by atoms with Crippen LogP contribution >= 0.6 is 0 Å². The van der Waals surface area contributed by atoms with Gasteiger partial charge >= 0.3 is 0 Å². The third-order valence-corrected chi connectivity index (χ3v) is 6.61. The number of imidazole rings is 1. The van der Waals surface area contributed by atoms with E-state index in [1.165, 1.54) is 12.1 Å². The zero-order valence-corrected chi connectivity index (χ0v) is 15.4. The molecule has 5 rings (SSSR count). The molecular weight excluding hydrogens is 364 g/mol. The molecule has 0 aliphatic carbocycles. The Morgan fingerprint density at radius 3 is 2.81 bits per heavy atom. The fourth-order valence-corrected chi connectivity index (χ4v) is 4.83. The van der Waals surface area contributed by atoms with Crippen molar-refractivity contribution in [2.24, 2.45) is 5.92 Å². The Morgan fingerprint density at radius 1 is 1.19 bits per heavy atom. The quantitative estimate of drug-likeness (QED) is 0.737. The summed E-state index contributed by atoms with van der Waals surface area (Å²) in [7, 11) is -3.33. The average molecular weight is 382 g/mol. The van der Waals surface area contributed by atoms with Crippen LogP contribution in [-0.2, 0) is 9.84 Å². The minimum Gasteiger partial charge on any atom is -0.493 e. The van der Waals surface area contributed by atoms with Gasteiger partial charge in [-0.3, -0.25) is 0 Å². The smallest absolute Gasteiger partial charge is 0.175 e. The number of aliphatic hydroxyl groups excluding tert-OH is 1. The lowest BCUT2D eigenvalue weighted by Gasteiger charge is -2.35. The molecular formula is C20H18N2O4S. The van der Waals surface area contributed by atoms with Crippen molar-refractivity contribution < 1.29 is 18.3 Å². The van der Waals surface area contributed by atoms with Gasteiger partial charge in [0.05, 0.1) is 41.9 Å². The second-order valence-electron chi connectivity index (χ2n) is 7.11. The number of fused-ring (bicyclic) bond motifs is 4. The zero-order chi connectivity index (χ0) is 18.8. The molecule has 2 aliphatic rings. The minimum absolute atomic E-state index is 0.0866. The summed E-state index contributed by atoms with van der Waals surface area (Å²) in [6, 6.07) is 12.7. The van der Waals surface area contributed by atoms with Gasteiger partial charge in [-0.05, 0) is 17.7 Å². The third kappa shape index (κ3) is 2.42. The van der Waals surface area contributed by atoms with Gasteiger partial charge in [-0.2, -0.15) is 0 Å². The van der Waals surface area contributed by atoms with Gasteiger partial charge in [-0.15, -0.1) is 0 Å². The summed E-state index contributed by atoms with van der Waals surface area (Å²) < 4.78 is 31.6. The molecule has 0 amide bonds. The van der Waals surface area contributed by atoms with Crippen molar-refractivity contribution in [3.63, 3.8) is 0 Å². The first kappa shape index (κ1) is 16.5. The summed E-state index contributed by atoms with van der Waals surface area (Å²) in [5.74, 6) is 0.219. The standard InChI is InChI=1S/C20H18N2O4S/c1-27(24,25)12-6-7-15-18(8-12)26-10-16(20(15)23)19-14-5-3-2-4-13(14)17-9-21-11-22(17)19/h2-9,11,16,19-20,23H,10H2,1H3/t16-,19?,20+/m1/s1. The summed E-state index contributed by atoms with van der Waals surface area (Å²) in [4.78, 5) is 4.46. The average Bonchev–Trinajstić information content (AvgIpc) is 3.22. The lowest BCUT2D eigenvalue weighted by molar-refractivity contribution is 0.0310. The topological polar surface area (TPSA) is 81.4 Å². The summed E-state index contributed by atoms with van der Waals surface area (Å²) in [6.07, 6.45) is 4.01. The molecule has 7 heteroatoms. The molecule has 6 nitrogen and oxygen atoms in total. The molecule has 3 aromatic rings. The predicted molar refractivity (Wildman–Crippen MR) is 99.3 cm³/mol. The Morgan fingerprint density at radius 2 is 2.00 bits per heavy atom. The number of aliphatic hydroxyl groups is 1. The van der Waals surface area contributed by atoms with Crippen LogP contribution in [0.4, 0.5) is 0 Å². The minimum atomic E-state index is -3.33. The number of sulfone groups is 1. The highest BCUT2D eigenvalue weighted by atomic mass is 32.2. The van der Waals surface area contributed by atoms with Gasteiger partial charge in [0, 0.05) is 23.3 Å². The highest BCUT2D eigenvalue weighted by molar-refractivity contribution is 7.90. The largest absolute Gasteiger partial charge is 0.493 e. The van der Waals surface area contributed by atoms with Crippen molar-refractivity contribution in [2.75, 3.05) is 12.9 Å². The van der Waals surface area contributed by atoms with Crippen molar-refractivity contribution >= 4 is 9.84 Å². The van der Waals surface area contributed by atoms with Crippen molar-refractivity contribution in [1.82, 2.24) is 9.55 Å². The van der Waals surface area contributed by atoms with Gasteiger partial charge in [-0.1, -0.05) is 30.3 Å². The van der Waals surface area contributed by atoms with Crippen molar-refractivity contribution in [2.45, 2.75) is 17.0 Å². The molecule has 3 atom stereocenters. The van der Waals surface area contributed by atoms with E-state index in [1.54, 1.807) is 12.4 Å². The Kier molecular flexibility index (Phi) is 3.47. The molecule has 1 unspecified atom stereocenters. The molecule has 27 heavy (non-hydrogen) atoms. The molecule has 0 saturated carbocycles. The van der Waals surface area contributed by atoms with Gasteiger partial charge in [0.25, 0.3) is 0 Å². The Bertz CT molecular complexity index is 1150. The molecule has 0 bridgehead atoms. The Balaban J connectivity index is 1.57. The van der Waals surface area contributed by atoms with Gasteiger partial charge in [-0.25, -0.2) is 13.4 Å². The second-order valence-corrected chi connectivity index (χ2v) is 9.13. The van der Waals surface area contributed by atoms with E-state index >= 15 is 0 Å². The summed E-state index contributed by atoms with van der Waals surface area (Å²) in [5, 5.41) is 11.1. The first-order valence-corrected chi connectivity index (χ1v) is 10.6. The van der Waals surface area contributed by atoms with E-state index in [9.17, 15) is 13.5 Å². The predicted octanol–water partition coefficient (Wildman–Crippen LogP) is 2.60. The second kappa shape index (κ2) is 5.68. The molecule has 0 spiro atoms. The highest BCUT2D eigenvalue weighted by Crippen LogP contribution is 2.49. The molecule has 2 aliphatic heterocycles. The van der Waals surface area contributed by atoms with Crippen LogP contribution in [0, 0.1) is 5.92 Å². The van der Waals surface area contributed by atoms with Crippen LogP contribution in [-0.4, -0.2) is 35.9 Å². The van der Waals surface area contributed by atoms with Crippen molar-refractivity contribution in [3.05, 3.63) is 66.1 Å². The Labute approximate surface area is 157 Å². The number of nitrogens with zero attached hydrogens (tertiary/aromatic N) is 2. The SMILES string of the molecule is CS(=O)(=O)c1ccc2c(c1)OC[C@H](C1c3ccccc3-c3cncn31)[C@H]2O. The van der Waals surface area contributed by atoms with E-state index in [1.807, 2.05) is 18.3 Å². The number of benzene rings is 2. The molecule has 2 aromatic carbocycles. The third-order valence-electron chi connectivity index (χ3n) is 5.50. The fraction of sp³-hybridized carbons (Fsp3) is 0.250. The molecule has 3 heterocycles. The van der Waals surface area contributed by atoms with Crippen LogP contribution < -0.4 is 4.74 Å². The van der Waals surface area contributed by atoms with E-state index < -0.39 is 15.9 Å². The molecule has 0 saturated heterocycles. The van der Waals surface area contributed by atoms with Crippen molar-refractivity contribution in [1.29, 1.82) is 0 Å². The van der Waals surface area contributed by atoms with Crippen LogP contribution in [0.15, 0.2) is 59.9 Å². The maximum atomic E-state index is 11.8. The maximum absolute atomic E-state index is 11.8. The summed E-state index contributed by atoms with van der Waals surface area (Å²) in [6.45, 7) is 0.290. The van der Waals surface area contributed by atoms with Crippen molar-refractivity contribution in [3.8, 4) is 17.0 Å². The summed E-state index contributed by atoms with van der Waals surface area (Å²) >= 11 is 0. The first-order chi connectivity index (χ1) is 12.9. The summed E-state index contributed by atoms with van der Waals surface area (Å²) in [5.41, 5.74) is 3.90. The van der Waals surface area contributed by atoms with Gasteiger partial charge in [0.15, 0.2) is 9.84 Å². The number of aromatic nitrogens is 2. The Hall–Kier alpha value is -2.64. The number of hydrogen-bond donors (Lipinski definition) is 1. The van der Waals surface area contributed by atoms with Crippen LogP contribution in [0.1, 0.15) is 23.3 Å². The lowest BCUT2D eigenvalue weighted by Crippen LogP contribution is -2.33. The number of rotatable bonds is 2. The number of hydrogen-bond acceptors (Lipinski definition) is 5. The van der Waals surface area contributed by atoms with E-state index in [0.29, 0.717) is 11.3 Å². The van der Waals surface area contributed by atoms with E-state index in [0.717, 1.165) is 23.1 Å². The molecule has 0 radical (unpaired) electrons. The molecule has 138 valence electrons. The molecule has 0 fully saturated rings. The van der Waals surface area contributed by atoms with Crippen LogP contribution in [0.3, 0.4) is 0 Å². The van der Waals surface area contributed by atoms with Gasteiger partial charge in [0.1, 0.15) is 5.75 Å². The van der Waals surface area contributed by atoms with Gasteiger partial charge < -0.3 is 14.4 Å². The number of ether oxygens (including phenoxy) is 1. The normalized spacial score (nSPS) is 23.3. The van der Waals surface area contributed by atoms with E-state index in [2.05, 4.69) is 21.7 Å². The zero-order valence-electron chi connectivity index (χ0n) is 14.6. The first-order valence-electron chi connectivity index (χ1n) is 8.71. The molecule has 1 N–H and O–H groups in total. The van der Waals surface area contributed by atoms with Gasteiger partial charge in [0.2, 0.25) is 0 Å². The fourth-order valence-electron chi connectivity index (χ4n) is 4.20. The van der Waals surface area contributed by atoms with E-state index in [4.69, 9.17) is 4.74 Å². The highest BCUT2D eigenvalue weighted by Gasteiger charge is 2.41. The lowest BCUT2D eigenvalue weighted by atomic mass is 9.84. The van der Waals surface area contributed by atoms with Crippen LogP contribution in [0.5, 0.6) is 5.75 Å². The monoisotopic (exact) mass is 382 g/mol. The van der Waals surface area contributed by atoms with E-state index in [-0.39, 0.29) is 23.5 Å². The van der Waals surface area contributed by atoms with Crippen LogP contribution in [0.2, 0.25) is 0 Å².